The van der Waals surface area contributed by atoms with Gasteiger partial charge in [0.05, 0.1) is 0 Å². The number of piperazine rings is 1. The van der Waals surface area contributed by atoms with Gasteiger partial charge in [0.2, 0.25) is 0 Å². The number of nitrogens with zero attached hydrogens (tertiary/aromatic N) is 2. The van der Waals surface area contributed by atoms with Gasteiger partial charge in [0, 0.05) is 50.9 Å². The summed E-state index contributed by atoms with van der Waals surface area (Å²) in [6.45, 7) is 5.64. The molecule has 2 N–H and O–H groups in total. The molecule has 19 heavy (non-hydrogen) atoms. The lowest BCUT2D eigenvalue weighted by atomic mass is 10.1. The van der Waals surface area contributed by atoms with Crippen molar-refractivity contribution in [1.29, 1.82) is 0 Å². The third kappa shape index (κ3) is 2.57. The summed E-state index contributed by atoms with van der Waals surface area (Å²) in [6.07, 6.45) is 0. The van der Waals surface area contributed by atoms with Crippen LogP contribution in [0.3, 0.4) is 0 Å². The number of amides is 1. The molecule has 2 fully saturated rings. The lowest BCUT2D eigenvalue weighted by molar-refractivity contribution is 0.0502. The van der Waals surface area contributed by atoms with E-state index in [1.54, 1.807) is 24.3 Å². The fourth-order valence-electron chi connectivity index (χ4n) is 2.61. The molecule has 1 amide bonds. The largest absolute Gasteiger partial charge is 0.508 e. The van der Waals surface area contributed by atoms with Crippen LogP contribution < -0.4 is 5.32 Å². The molecule has 5 heteroatoms. The number of carbonyl (C=O) groups excluding carboxylic acids is 1. The molecule has 0 bridgehead atoms. The summed E-state index contributed by atoms with van der Waals surface area (Å²) in [4.78, 5) is 16.6. The van der Waals surface area contributed by atoms with E-state index in [4.69, 9.17) is 0 Å². The minimum absolute atomic E-state index is 0.0615. The molecule has 5 nitrogen and oxygen atoms in total. The van der Waals surface area contributed by atoms with Crippen LogP contribution in [-0.2, 0) is 0 Å². The fraction of sp³-hybridized carbons (Fsp3) is 0.500. The summed E-state index contributed by atoms with van der Waals surface area (Å²) in [6, 6.07) is 7.14. The highest BCUT2D eigenvalue weighted by atomic mass is 16.3. The van der Waals surface area contributed by atoms with Crippen molar-refractivity contribution < 1.29 is 9.90 Å². The van der Waals surface area contributed by atoms with Gasteiger partial charge in [-0.15, -0.1) is 0 Å². The van der Waals surface area contributed by atoms with Gasteiger partial charge < -0.3 is 15.3 Å². The first-order chi connectivity index (χ1) is 9.24. The molecule has 0 aliphatic carbocycles. The van der Waals surface area contributed by atoms with Crippen LogP contribution >= 0.6 is 0 Å². The van der Waals surface area contributed by atoms with E-state index in [0.717, 1.165) is 39.3 Å². The summed E-state index contributed by atoms with van der Waals surface area (Å²) in [5, 5.41) is 12.5. The van der Waals surface area contributed by atoms with Crippen LogP contribution in [0.2, 0.25) is 0 Å². The topological polar surface area (TPSA) is 55.8 Å². The monoisotopic (exact) mass is 261 g/mol. The van der Waals surface area contributed by atoms with Crippen molar-refractivity contribution in [3.8, 4) is 5.75 Å². The molecule has 1 aromatic rings. The second-order valence-corrected chi connectivity index (χ2v) is 5.19. The highest BCUT2D eigenvalue weighted by Crippen LogP contribution is 2.15. The Balaban J connectivity index is 1.58. The van der Waals surface area contributed by atoms with Gasteiger partial charge in [-0.3, -0.25) is 9.69 Å². The summed E-state index contributed by atoms with van der Waals surface area (Å²) < 4.78 is 0. The third-order valence-electron chi connectivity index (χ3n) is 3.99. The second-order valence-electron chi connectivity index (χ2n) is 5.19. The molecule has 102 valence electrons. The molecule has 3 rings (SSSR count). The van der Waals surface area contributed by atoms with Crippen molar-refractivity contribution in [2.75, 3.05) is 39.3 Å². The van der Waals surface area contributed by atoms with E-state index in [0.29, 0.717) is 11.6 Å². The third-order valence-corrected chi connectivity index (χ3v) is 3.99. The zero-order valence-electron chi connectivity index (χ0n) is 10.9. The molecule has 0 aromatic heterocycles. The molecular weight excluding hydrogens is 242 g/mol. The number of benzene rings is 1. The Hall–Kier alpha value is -1.59. The number of hydrogen-bond donors (Lipinski definition) is 2. The lowest BCUT2D eigenvalue weighted by Gasteiger charge is -2.43. The van der Waals surface area contributed by atoms with Crippen LogP contribution in [0.5, 0.6) is 5.75 Å². The normalized spacial score (nSPS) is 21.2. The number of carbonyl (C=O) groups is 1. The molecule has 2 aliphatic rings. The molecule has 0 saturated carbocycles. The van der Waals surface area contributed by atoms with Gasteiger partial charge in [0.25, 0.3) is 5.91 Å². The van der Waals surface area contributed by atoms with Crippen LogP contribution in [-0.4, -0.2) is 66.1 Å². The van der Waals surface area contributed by atoms with Crippen molar-refractivity contribution in [3.05, 3.63) is 29.8 Å². The highest BCUT2D eigenvalue weighted by Gasteiger charge is 2.29. The molecule has 0 radical (unpaired) electrons. The van der Waals surface area contributed by atoms with Gasteiger partial charge in [-0.05, 0) is 24.3 Å². The predicted octanol–water partition coefficient (Wildman–Crippen LogP) is 0.122. The zero-order valence-corrected chi connectivity index (χ0v) is 10.9. The lowest BCUT2D eigenvalue weighted by Crippen LogP contribution is -2.62. The van der Waals surface area contributed by atoms with E-state index >= 15 is 0 Å². The van der Waals surface area contributed by atoms with Crippen LogP contribution in [0.1, 0.15) is 10.4 Å². The Morgan fingerprint density at radius 2 is 1.74 bits per heavy atom. The number of phenols is 1. The SMILES string of the molecule is O=C(c1ccc(O)cc1)N1CCN(C2CNC2)CC1. The van der Waals surface area contributed by atoms with Gasteiger partial charge in [0.1, 0.15) is 5.75 Å². The Labute approximate surface area is 112 Å². The summed E-state index contributed by atoms with van der Waals surface area (Å²) in [5.41, 5.74) is 0.650. The van der Waals surface area contributed by atoms with Crippen LogP contribution in [0, 0.1) is 0 Å². The highest BCUT2D eigenvalue weighted by molar-refractivity contribution is 5.94. The number of nitrogens with one attached hydrogen (secondary N) is 1. The maximum absolute atomic E-state index is 12.3. The fourth-order valence-corrected chi connectivity index (χ4v) is 2.61. The first-order valence-electron chi connectivity index (χ1n) is 6.77. The standard InChI is InChI=1S/C14H19N3O2/c18-13-3-1-11(2-4-13)14(19)17-7-5-16(6-8-17)12-9-15-10-12/h1-4,12,15,18H,5-10H2. The van der Waals surface area contributed by atoms with Crippen molar-refractivity contribution in [2.24, 2.45) is 0 Å². The average molecular weight is 261 g/mol. The molecule has 0 unspecified atom stereocenters. The molecular formula is C14H19N3O2. The van der Waals surface area contributed by atoms with Gasteiger partial charge in [-0.1, -0.05) is 0 Å². The van der Waals surface area contributed by atoms with Crippen LogP contribution in [0.15, 0.2) is 24.3 Å². The smallest absolute Gasteiger partial charge is 0.253 e. The number of phenolic OH excluding ortho intramolecular Hbond substituents is 1. The van der Waals surface area contributed by atoms with Crippen molar-refractivity contribution in [1.82, 2.24) is 15.1 Å². The van der Waals surface area contributed by atoms with E-state index in [1.807, 2.05) is 4.90 Å². The molecule has 2 aliphatic heterocycles. The number of hydrogen-bond acceptors (Lipinski definition) is 4. The zero-order chi connectivity index (χ0) is 13.2. The summed E-state index contributed by atoms with van der Waals surface area (Å²) >= 11 is 0. The quantitative estimate of drug-likeness (QED) is 0.794. The molecule has 1 aromatic carbocycles. The van der Waals surface area contributed by atoms with E-state index in [1.165, 1.54) is 0 Å². The van der Waals surface area contributed by atoms with Crippen LogP contribution in [0.4, 0.5) is 0 Å². The Kier molecular flexibility index (Phi) is 3.40. The number of rotatable bonds is 2. The Bertz CT molecular complexity index is 448. The van der Waals surface area contributed by atoms with Crippen LogP contribution in [0.25, 0.3) is 0 Å². The maximum atomic E-state index is 12.3. The molecule has 2 heterocycles. The van der Waals surface area contributed by atoms with E-state index in [-0.39, 0.29) is 11.7 Å². The summed E-state index contributed by atoms with van der Waals surface area (Å²) in [5.74, 6) is 0.255. The minimum atomic E-state index is 0.0615. The average Bonchev–Trinajstić information content (AvgIpc) is 2.38. The van der Waals surface area contributed by atoms with Gasteiger partial charge in [-0.2, -0.15) is 0 Å². The van der Waals surface area contributed by atoms with Crippen molar-refractivity contribution >= 4 is 5.91 Å². The predicted molar refractivity (Wildman–Crippen MR) is 72.2 cm³/mol. The first-order valence-corrected chi connectivity index (χ1v) is 6.77. The number of aromatic hydroxyl groups is 1. The van der Waals surface area contributed by atoms with Crippen molar-refractivity contribution in [3.63, 3.8) is 0 Å². The minimum Gasteiger partial charge on any atom is -0.508 e. The molecule has 2 saturated heterocycles. The van der Waals surface area contributed by atoms with E-state index in [9.17, 15) is 9.90 Å². The van der Waals surface area contributed by atoms with Crippen molar-refractivity contribution in [2.45, 2.75) is 6.04 Å². The van der Waals surface area contributed by atoms with Gasteiger partial charge in [0.15, 0.2) is 0 Å². The van der Waals surface area contributed by atoms with Gasteiger partial charge in [-0.25, -0.2) is 0 Å². The maximum Gasteiger partial charge on any atom is 0.253 e. The van der Waals surface area contributed by atoms with Gasteiger partial charge >= 0.3 is 0 Å². The first kappa shape index (κ1) is 12.4. The molecule has 0 spiro atoms. The van der Waals surface area contributed by atoms with E-state index in [2.05, 4.69) is 10.2 Å². The second kappa shape index (κ2) is 5.19. The molecule has 0 atom stereocenters. The Morgan fingerprint density at radius 1 is 1.11 bits per heavy atom. The van der Waals surface area contributed by atoms with E-state index < -0.39 is 0 Å². The Morgan fingerprint density at radius 3 is 2.26 bits per heavy atom. The summed E-state index contributed by atoms with van der Waals surface area (Å²) in [7, 11) is 0.